The van der Waals surface area contributed by atoms with Crippen molar-refractivity contribution in [2.75, 3.05) is 13.1 Å². The number of nitrogens with zero attached hydrogens (tertiary/aromatic N) is 1. The van der Waals surface area contributed by atoms with Gasteiger partial charge < -0.3 is 15.3 Å². The number of aliphatic hydroxyl groups is 1. The van der Waals surface area contributed by atoms with Crippen LogP contribution >= 0.6 is 11.6 Å². The van der Waals surface area contributed by atoms with E-state index in [-0.39, 0.29) is 29.7 Å². The molecule has 0 bridgehead atoms. The largest absolute Gasteiger partial charge is 0.384 e. The molecule has 30 heavy (non-hydrogen) atoms. The second-order valence-corrected chi connectivity index (χ2v) is 10.5. The minimum Gasteiger partial charge on any atom is -0.384 e. The summed E-state index contributed by atoms with van der Waals surface area (Å²) in [6.07, 6.45) is 6.39. The molecule has 1 aliphatic heterocycles. The van der Waals surface area contributed by atoms with Gasteiger partial charge in [-0.15, -0.1) is 0 Å². The Morgan fingerprint density at radius 3 is 2.33 bits per heavy atom. The lowest BCUT2D eigenvalue weighted by Gasteiger charge is -2.52. The molecule has 3 unspecified atom stereocenters. The lowest BCUT2D eigenvalue weighted by atomic mass is 9.66. The molecule has 1 aromatic rings. The van der Waals surface area contributed by atoms with Gasteiger partial charge in [-0.1, -0.05) is 50.4 Å². The van der Waals surface area contributed by atoms with Gasteiger partial charge in [-0.05, 0) is 49.8 Å². The molecule has 3 aliphatic rings. The van der Waals surface area contributed by atoms with E-state index >= 15 is 0 Å². The van der Waals surface area contributed by atoms with E-state index in [1.54, 1.807) is 12.1 Å². The number of hydrogen-bond donors (Lipinski definition) is 2. The molecule has 0 radical (unpaired) electrons. The van der Waals surface area contributed by atoms with Crippen molar-refractivity contribution in [1.82, 2.24) is 10.2 Å². The summed E-state index contributed by atoms with van der Waals surface area (Å²) in [6.45, 7) is 5.04. The van der Waals surface area contributed by atoms with Gasteiger partial charge in [0.05, 0.1) is 11.5 Å². The van der Waals surface area contributed by atoms with Crippen LogP contribution in [0.5, 0.6) is 0 Å². The van der Waals surface area contributed by atoms with Crippen LogP contribution in [0.3, 0.4) is 0 Å². The maximum atomic E-state index is 13.2. The van der Waals surface area contributed by atoms with E-state index in [1.165, 1.54) is 0 Å². The first-order chi connectivity index (χ1) is 14.2. The van der Waals surface area contributed by atoms with Crippen LogP contribution in [0.25, 0.3) is 0 Å². The van der Waals surface area contributed by atoms with Crippen molar-refractivity contribution in [3.05, 3.63) is 34.9 Å². The van der Waals surface area contributed by atoms with Crippen molar-refractivity contribution < 1.29 is 14.7 Å². The van der Waals surface area contributed by atoms with Crippen molar-refractivity contribution in [3.63, 3.8) is 0 Å². The monoisotopic (exact) mass is 432 g/mol. The van der Waals surface area contributed by atoms with Crippen LogP contribution in [0.2, 0.25) is 5.02 Å². The molecule has 1 heterocycles. The Kier molecular flexibility index (Phi) is 5.88. The molecule has 2 amide bonds. The van der Waals surface area contributed by atoms with E-state index in [2.05, 4.69) is 5.32 Å². The van der Waals surface area contributed by atoms with Gasteiger partial charge in [0.1, 0.15) is 0 Å². The van der Waals surface area contributed by atoms with Crippen LogP contribution < -0.4 is 5.32 Å². The summed E-state index contributed by atoms with van der Waals surface area (Å²) >= 11 is 6.02. The number of nitrogens with one attached hydrogen (secondary N) is 1. The zero-order valence-electron chi connectivity index (χ0n) is 18.0. The van der Waals surface area contributed by atoms with E-state index in [4.69, 9.17) is 11.6 Å². The average molecular weight is 433 g/mol. The Hall–Kier alpha value is -1.59. The first kappa shape index (κ1) is 21.6. The molecule has 5 nitrogen and oxygen atoms in total. The van der Waals surface area contributed by atoms with E-state index in [9.17, 15) is 14.7 Å². The third-order valence-electron chi connectivity index (χ3n) is 7.73. The van der Waals surface area contributed by atoms with Gasteiger partial charge in [-0.2, -0.15) is 0 Å². The standard InChI is InChI=1S/C24H33ClN2O3/c1-23(2)15-27(14-13-24(23,30)17-7-9-18(25)10-8-17)22(29)19-11-12-20(19)26-21(28)16-5-3-4-6-16/h7-10,16,19-20,30H,3-6,11-15H2,1-2H3,(H,26,28). The first-order valence-electron chi connectivity index (χ1n) is 11.3. The molecule has 2 N–H and O–H groups in total. The summed E-state index contributed by atoms with van der Waals surface area (Å²) in [5.41, 5.74) is -0.667. The number of piperidine rings is 1. The van der Waals surface area contributed by atoms with Crippen molar-refractivity contribution in [2.45, 2.75) is 70.4 Å². The Morgan fingerprint density at radius 1 is 1.10 bits per heavy atom. The topological polar surface area (TPSA) is 69.6 Å². The van der Waals surface area contributed by atoms with Gasteiger partial charge in [0.15, 0.2) is 0 Å². The highest BCUT2D eigenvalue weighted by Crippen LogP contribution is 2.47. The highest BCUT2D eigenvalue weighted by molar-refractivity contribution is 6.30. The molecule has 0 spiro atoms. The predicted octanol–water partition coefficient (Wildman–Crippen LogP) is 3.87. The Balaban J connectivity index is 1.40. The van der Waals surface area contributed by atoms with Crippen LogP contribution in [0.4, 0.5) is 0 Å². The molecule has 164 valence electrons. The Bertz CT molecular complexity index is 803. The summed E-state index contributed by atoms with van der Waals surface area (Å²) in [7, 11) is 0. The maximum Gasteiger partial charge on any atom is 0.227 e. The van der Waals surface area contributed by atoms with E-state index in [1.807, 2.05) is 30.9 Å². The highest BCUT2D eigenvalue weighted by atomic mass is 35.5. The second-order valence-electron chi connectivity index (χ2n) is 10.0. The number of carbonyl (C=O) groups is 2. The van der Waals surface area contributed by atoms with Crippen LogP contribution in [0.15, 0.2) is 24.3 Å². The number of hydrogen-bond acceptors (Lipinski definition) is 3. The molecule has 3 fully saturated rings. The lowest BCUT2D eigenvalue weighted by molar-refractivity contribution is -0.160. The summed E-state index contributed by atoms with van der Waals surface area (Å²) < 4.78 is 0. The van der Waals surface area contributed by atoms with Gasteiger partial charge >= 0.3 is 0 Å². The minimum absolute atomic E-state index is 0.0363. The van der Waals surface area contributed by atoms with Crippen LogP contribution in [-0.2, 0) is 15.2 Å². The molecule has 2 saturated carbocycles. The van der Waals surface area contributed by atoms with Crippen LogP contribution in [-0.4, -0.2) is 41.0 Å². The molecule has 0 aromatic heterocycles. The van der Waals surface area contributed by atoms with Crippen molar-refractivity contribution in [3.8, 4) is 0 Å². The van der Waals surface area contributed by atoms with Gasteiger partial charge in [-0.25, -0.2) is 0 Å². The predicted molar refractivity (Wildman–Crippen MR) is 117 cm³/mol. The van der Waals surface area contributed by atoms with Gasteiger partial charge in [0.2, 0.25) is 11.8 Å². The zero-order chi connectivity index (χ0) is 21.5. The minimum atomic E-state index is -1.01. The third-order valence-corrected chi connectivity index (χ3v) is 7.98. The third kappa shape index (κ3) is 3.87. The number of halogens is 1. The zero-order valence-corrected chi connectivity index (χ0v) is 18.8. The first-order valence-corrected chi connectivity index (χ1v) is 11.7. The van der Waals surface area contributed by atoms with E-state index in [0.29, 0.717) is 24.5 Å². The highest BCUT2D eigenvalue weighted by Gasteiger charge is 2.51. The van der Waals surface area contributed by atoms with Crippen molar-refractivity contribution in [2.24, 2.45) is 17.3 Å². The molecule has 1 aromatic carbocycles. The van der Waals surface area contributed by atoms with E-state index < -0.39 is 11.0 Å². The summed E-state index contributed by atoms with van der Waals surface area (Å²) in [5, 5.41) is 15.3. The number of rotatable bonds is 4. The maximum absolute atomic E-state index is 13.2. The van der Waals surface area contributed by atoms with Crippen molar-refractivity contribution >= 4 is 23.4 Å². The normalized spacial score (nSPS) is 31.3. The number of benzene rings is 1. The SMILES string of the molecule is CC1(C)CN(C(=O)C2CCC2NC(=O)C2CCCC2)CCC1(O)c1ccc(Cl)cc1. The molecule has 4 rings (SSSR count). The van der Waals surface area contributed by atoms with Gasteiger partial charge in [0.25, 0.3) is 0 Å². The number of likely N-dealkylation sites (tertiary alicyclic amines) is 1. The van der Waals surface area contributed by atoms with Crippen LogP contribution in [0, 0.1) is 17.3 Å². The van der Waals surface area contributed by atoms with Gasteiger partial charge in [-0.3, -0.25) is 9.59 Å². The summed E-state index contributed by atoms with van der Waals surface area (Å²) in [5.74, 6) is 0.243. The smallest absolute Gasteiger partial charge is 0.227 e. The average Bonchev–Trinajstić information content (AvgIpc) is 3.22. The lowest BCUT2D eigenvalue weighted by Crippen LogP contribution is -2.60. The molecule has 6 heteroatoms. The number of carbonyl (C=O) groups excluding carboxylic acids is 2. The fourth-order valence-electron chi connectivity index (χ4n) is 5.46. The number of amides is 2. The molecule has 1 saturated heterocycles. The fraction of sp³-hybridized carbons (Fsp3) is 0.667. The molecular weight excluding hydrogens is 400 g/mol. The Morgan fingerprint density at radius 2 is 1.77 bits per heavy atom. The quantitative estimate of drug-likeness (QED) is 0.758. The summed E-state index contributed by atoms with van der Waals surface area (Å²) in [6, 6.07) is 7.32. The second kappa shape index (κ2) is 8.16. The van der Waals surface area contributed by atoms with E-state index in [0.717, 1.165) is 44.1 Å². The van der Waals surface area contributed by atoms with Crippen LogP contribution in [0.1, 0.15) is 64.4 Å². The molecule has 2 aliphatic carbocycles. The van der Waals surface area contributed by atoms with Crippen molar-refractivity contribution in [1.29, 1.82) is 0 Å². The molecule has 3 atom stereocenters. The summed E-state index contributed by atoms with van der Waals surface area (Å²) in [4.78, 5) is 27.6. The Labute approximate surface area is 184 Å². The van der Waals surface area contributed by atoms with Gasteiger partial charge in [0, 0.05) is 35.5 Å². The molecular formula is C24H33ClN2O3. The fourth-order valence-corrected chi connectivity index (χ4v) is 5.59.